The Morgan fingerprint density at radius 1 is 0.949 bits per heavy atom. The van der Waals surface area contributed by atoms with Crippen LogP contribution in [0.3, 0.4) is 0 Å². The zero-order valence-corrected chi connectivity index (χ0v) is 21.8. The van der Waals surface area contributed by atoms with Gasteiger partial charge in [0, 0.05) is 38.8 Å². The number of amides is 1. The zero-order chi connectivity index (χ0) is 27.4. The number of hydrogen-bond donors (Lipinski definition) is 0. The molecule has 0 N–H and O–H groups in total. The van der Waals surface area contributed by atoms with Crippen LogP contribution in [-0.2, 0) is 17.3 Å². The van der Waals surface area contributed by atoms with Gasteiger partial charge in [0.2, 0.25) is 11.5 Å². The van der Waals surface area contributed by atoms with Crippen molar-refractivity contribution >= 4 is 17.7 Å². The maximum absolute atomic E-state index is 13.6. The number of alkyl halides is 3. The van der Waals surface area contributed by atoms with Crippen molar-refractivity contribution in [3.05, 3.63) is 35.3 Å². The van der Waals surface area contributed by atoms with Crippen LogP contribution in [0.5, 0.6) is 6.08 Å². The molecule has 3 fully saturated rings. The summed E-state index contributed by atoms with van der Waals surface area (Å²) in [7, 11) is 0. The van der Waals surface area contributed by atoms with Gasteiger partial charge >= 0.3 is 18.3 Å². The maximum atomic E-state index is 13.6. The minimum absolute atomic E-state index is 0.0209. The van der Waals surface area contributed by atoms with E-state index >= 15 is 0 Å². The first-order valence-corrected chi connectivity index (χ1v) is 13.7. The highest BCUT2D eigenvalue weighted by Crippen LogP contribution is 2.35. The van der Waals surface area contributed by atoms with Crippen LogP contribution in [0.4, 0.5) is 23.8 Å². The molecule has 1 amide bonds. The van der Waals surface area contributed by atoms with Crippen LogP contribution >= 0.6 is 0 Å². The van der Waals surface area contributed by atoms with Crippen molar-refractivity contribution in [3.8, 4) is 6.08 Å². The monoisotopic (exact) mass is 550 g/mol. The lowest BCUT2D eigenvalue weighted by molar-refractivity contribution is -0.141. The minimum Gasteiger partial charge on any atom is -0.447 e. The molecule has 5 rings (SSSR count). The van der Waals surface area contributed by atoms with Crippen molar-refractivity contribution in [2.45, 2.75) is 82.6 Å². The Kier molecular flexibility index (Phi) is 8.27. The van der Waals surface area contributed by atoms with Crippen molar-refractivity contribution in [1.82, 2.24) is 14.9 Å². The van der Waals surface area contributed by atoms with Crippen molar-refractivity contribution in [2.24, 2.45) is 0 Å². The molecule has 9 nitrogen and oxygen atoms in total. The lowest BCUT2D eigenvalue weighted by Gasteiger charge is -2.35. The summed E-state index contributed by atoms with van der Waals surface area (Å²) in [6.45, 7) is 2.15. The summed E-state index contributed by atoms with van der Waals surface area (Å²) in [6.07, 6.45) is 3.63. The molecule has 3 heterocycles. The van der Waals surface area contributed by atoms with E-state index in [1.807, 2.05) is 4.90 Å². The number of carbonyl (C=O) groups is 2. The highest BCUT2D eigenvalue weighted by molar-refractivity contribution is 5.96. The fourth-order valence-electron chi connectivity index (χ4n) is 5.37. The van der Waals surface area contributed by atoms with Gasteiger partial charge in [-0.05, 0) is 63.0 Å². The molecule has 0 aromatic carbocycles. The van der Waals surface area contributed by atoms with E-state index in [1.54, 1.807) is 17.0 Å². The van der Waals surface area contributed by atoms with Crippen molar-refractivity contribution < 1.29 is 36.7 Å². The Hall–Kier alpha value is -3.31. The van der Waals surface area contributed by atoms with Gasteiger partial charge in [-0.3, -0.25) is 4.79 Å². The number of piperazine rings is 1. The summed E-state index contributed by atoms with van der Waals surface area (Å²) in [5, 5.41) is 0. The average molecular weight is 551 g/mol. The molecule has 2 saturated carbocycles. The number of ketones is 1. The summed E-state index contributed by atoms with van der Waals surface area (Å²) < 4.78 is 57.1. The summed E-state index contributed by atoms with van der Waals surface area (Å²) >= 11 is 0. The number of carbonyl (C=O) groups excluding carboxylic acids is 2. The lowest BCUT2D eigenvalue weighted by atomic mass is 9.98. The third kappa shape index (κ3) is 6.83. The van der Waals surface area contributed by atoms with E-state index in [1.165, 1.54) is 6.20 Å². The Labute approximate surface area is 224 Å². The van der Waals surface area contributed by atoms with Crippen LogP contribution in [0, 0.1) is 0 Å². The SMILES string of the molecule is O=C(Cc1ccc(N2CCN(C(=O)OC3CCCC3)CC2)nc1)c1oc(OC2CCCCC2)nc1C(F)(F)F. The number of hydrogen-bond acceptors (Lipinski definition) is 8. The highest BCUT2D eigenvalue weighted by atomic mass is 19.4. The van der Waals surface area contributed by atoms with Crippen LogP contribution in [0.25, 0.3) is 0 Å². The number of oxazole rings is 1. The van der Waals surface area contributed by atoms with Crippen molar-refractivity contribution in [3.63, 3.8) is 0 Å². The molecule has 2 aromatic heterocycles. The molecule has 0 radical (unpaired) electrons. The molecule has 0 bridgehead atoms. The third-order valence-electron chi connectivity index (χ3n) is 7.55. The second-order valence-electron chi connectivity index (χ2n) is 10.4. The summed E-state index contributed by atoms with van der Waals surface area (Å²) in [5.41, 5.74) is -0.922. The highest BCUT2D eigenvalue weighted by Gasteiger charge is 2.42. The van der Waals surface area contributed by atoms with Gasteiger partial charge in [-0.1, -0.05) is 12.5 Å². The topological polar surface area (TPSA) is 98.0 Å². The molecule has 1 aliphatic heterocycles. The van der Waals surface area contributed by atoms with Gasteiger partial charge in [0.1, 0.15) is 18.0 Å². The fourth-order valence-corrected chi connectivity index (χ4v) is 5.37. The fraction of sp³-hybridized carbons (Fsp3) is 0.630. The molecular weight excluding hydrogens is 517 g/mol. The second kappa shape index (κ2) is 11.8. The smallest absolute Gasteiger partial charge is 0.437 e. The molecule has 0 unspecified atom stereocenters. The van der Waals surface area contributed by atoms with E-state index in [-0.39, 0.29) is 24.7 Å². The lowest BCUT2D eigenvalue weighted by Crippen LogP contribution is -2.49. The molecule has 1 saturated heterocycles. The third-order valence-corrected chi connectivity index (χ3v) is 7.55. The molecular formula is C27H33F3N4O5. The maximum Gasteiger partial charge on any atom is 0.437 e. The predicted octanol–water partition coefficient (Wildman–Crippen LogP) is 5.43. The van der Waals surface area contributed by atoms with E-state index in [0.717, 1.165) is 44.9 Å². The second-order valence-corrected chi connectivity index (χ2v) is 10.4. The van der Waals surface area contributed by atoms with Crippen molar-refractivity contribution in [1.29, 1.82) is 0 Å². The average Bonchev–Trinajstić information content (AvgIpc) is 3.60. The standard InChI is InChI=1S/C27H33F3N4O5/c28-27(29,30)24-23(39-25(32-24)37-19-6-2-1-3-7-19)21(35)16-18-10-11-22(31-17-18)33-12-14-34(15-13-33)26(36)38-20-8-4-5-9-20/h10-11,17,19-20H,1-9,12-16H2. The molecule has 3 aliphatic rings. The Balaban J connectivity index is 1.17. The summed E-state index contributed by atoms with van der Waals surface area (Å²) in [5.74, 6) is -1.04. The first-order valence-electron chi connectivity index (χ1n) is 13.7. The number of aromatic nitrogens is 2. The van der Waals surface area contributed by atoms with Crippen LogP contribution in [-0.4, -0.2) is 65.1 Å². The van der Waals surface area contributed by atoms with E-state index in [4.69, 9.17) is 13.9 Å². The normalized spacial score (nSPS) is 19.4. The predicted molar refractivity (Wildman–Crippen MR) is 134 cm³/mol. The molecule has 212 valence electrons. The van der Waals surface area contributed by atoms with Gasteiger partial charge in [-0.25, -0.2) is 9.78 Å². The molecule has 39 heavy (non-hydrogen) atoms. The summed E-state index contributed by atoms with van der Waals surface area (Å²) in [6, 6.07) is 3.38. The molecule has 2 aromatic rings. The van der Waals surface area contributed by atoms with E-state index < -0.39 is 29.5 Å². The van der Waals surface area contributed by atoms with Crippen LogP contribution in [0.1, 0.15) is 79.6 Å². The van der Waals surface area contributed by atoms with Crippen LogP contribution < -0.4 is 9.64 Å². The van der Waals surface area contributed by atoms with E-state index in [2.05, 4.69) is 9.97 Å². The largest absolute Gasteiger partial charge is 0.447 e. The Bertz CT molecular complexity index is 1130. The van der Waals surface area contributed by atoms with E-state index in [9.17, 15) is 22.8 Å². The minimum atomic E-state index is -4.85. The molecule has 0 spiro atoms. The number of pyridine rings is 1. The first kappa shape index (κ1) is 27.3. The van der Waals surface area contributed by atoms with Gasteiger partial charge in [-0.15, -0.1) is 0 Å². The van der Waals surface area contributed by atoms with E-state index in [0.29, 0.717) is 50.4 Å². The Morgan fingerprint density at radius 2 is 1.62 bits per heavy atom. The van der Waals surface area contributed by atoms with Gasteiger partial charge in [0.25, 0.3) is 0 Å². The van der Waals surface area contributed by atoms with Gasteiger partial charge in [-0.2, -0.15) is 18.2 Å². The first-order chi connectivity index (χ1) is 18.8. The number of rotatable bonds is 7. The summed E-state index contributed by atoms with van der Waals surface area (Å²) in [4.78, 5) is 36.8. The molecule has 0 atom stereocenters. The van der Waals surface area contributed by atoms with Gasteiger partial charge in [0.15, 0.2) is 5.69 Å². The number of halogens is 3. The van der Waals surface area contributed by atoms with Crippen molar-refractivity contribution in [2.75, 3.05) is 31.1 Å². The molecule has 2 aliphatic carbocycles. The molecule has 12 heteroatoms. The van der Waals surface area contributed by atoms with Gasteiger partial charge < -0.3 is 23.7 Å². The zero-order valence-electron chi connectivity index (χ0n) is 21.8. The number of anilines is 1. The number of nitrogens with zero attached hydrogens (tertiary/aromatic N) is 4. The van der Waals surface area contributed by atoms with Crippen LogP contribution in [0.15, 0.2) is 22.7 Å². The quantitative estimate of drug-likeness (QED) is 0.421. The number of ether oxygens (including phenoxy) is 2. The Morgan fingerprint density at radius 3 is 2.26 bits per heavy atom. The van der Waals surface area contributed by atoms with Crippen LogP contribution in [0.2, 0.25) is 0 Å². The van der Waals surface area contributed by atoms with Gasteiger partial charge in [0.05, 0.1) is 0 Å². The number of Topliss-reactive ketones (excluding diaryl/α,β-unsaturated/α-hetero) is 1.